The average Bonchev–Trinajstić information content (AvgIpc) is 1.59. The zero-order valence-electron chi connectivity index (χ0n) is 7.46. The number of rotatable bonds is 1. The second kappa shape index (κ2) is 4.69. The van der Waals surface area contributed by atoms with Crippen molar-refractivity contribution in [2.24, 2.45) is 5.73 Å². The summed E-state index contributed by atoms with van der Waals surface area (Å²) in [6, 6.07) is 0. The Morgan fingerprint density at radius 3 is 1.55 bits per heavy atom. The van der Waals surface area contributed by atoms with E-state index in [1.807, 2.05) is 13.8 Å². The molecule has 0 amide bonds. The molecule has 0 unspecified atom stereocenters. The maximum Gasteiger partial charge on any atom is 0.261 e. The SMILES string of the molecule is CCC(C)(C)N.CS(=O)(=O)O. The molecule has 5 heteroatoms. The topological polar surface area (TPSA) is 80.4 Å². The van der Waals surface area contributed by atoms with Gasteiger partial charge in [-0.3, -0.25) is 4.55 Å². The maximum atomic E-state index is 9.19. The van der Waals surface area contributed by atoms with Gasteiger partial charge in [-0.05, 0) is 20.3 Å². The van der Waals surface area contributed by atoms with Gasteiger partial charge in [-0.1, -0.05) is 6.92 Å². The van der Waals surface area contributed by atoms with E-state index in [1.54, 1.807) is 0 Å². The molecule has 0 aliphatic carbocycles. The van der Waals surface area contributed by atoms with E-state index < -0.39 is 10.1 Å². The molecule has 0 atom stereocenters. The fourth-order valence-electron chi connectivity index (χ4n) is 0. The highest BCUT2D eigenvalue weighted by molar-refractivity contribution is 7.85. The van der Waals surface area contributed by atoms with Gasteiger partial charge < -0.3 is 5.73 Å². The van der Waals surface area contributed by atoms with E-state index in [0.29, 0.717) is 6.26 Å². The molecular weight excluding hydrogens is 166 g/mol. The van der Waals surface area contributed by atoms with Crippen molar-refractivity contribution in [1.29, 1.82) is 0 Å². The summed E-state index contributed by atoms with van der Waals surface area (Å²) in [5.74, 6) is 0. The minimum absolute atomic E-state index is 0.0417. The molecule has 0 rings (SSSR count). The Bertz CT molecular complexity index is 170. The molecule has 0 spiro atoms. The van der Waals surface area contributed by atoms with Crippen molar-refractivity contribution in [2.75, 3.05) is 6.26 Å². The second-order valence-corrected chi connectivity index (χ2v) is 4.54. The van der Waals surface area contributed by atoms with Crippen molar-refractivity contribution in [3.05, 3.63) is 0 Å². The summed E-state index contributed by atoms with van der Waals surface area (Å²) < 4.78 is 25.9. The van der Waals surface area contributed by atoms with Gasteiger partial charge in [0, 0.05) is 5.54 Å². The molecule has 0 aliphatic rings. The Balaban J connectivity index is 0. The predicted molar refractivity (Wildman–Crippen MR) is 46.0 cm³/mol. The minimum atomic E-state index is -3.67. The molecule has 3 N–H and O–H groups in total. The molecule has 0 bridgehead atoms. The van der Waals surface area contributed by atoms with Crippen LogP contribution in [0.1, 0.15) is 27.2 Å². The van der Waals surface area contributed by atoms with Gasteiger partial charge in [-0.2, -0.15) is 8.42 Å². The predicted octanol–water partition coefficient (Wildman–Crippen LogP) is 0.638. The second-order valence-electron chi connectivity index (χ2n) is 3.08. The molecule has 0 saturated carbocycles. The fourth-order valence-corrected chi connectivity index (χ4v) is 0. The molecular formula is C6H17NO3S. The Kier molecular flexibility index (Phi) is 5.74. The lowest BCUT2D eigenvalue weighted by Gasteiger charge is -2.13. The van der Waals surface area contributed by atoms with Gasteiger partial charge >= 0.3 is 0 Å². The Morgan fingerprint density at radius 2 is 1.55 bits per heavy atom. The van der Waals surface area contributed by atoms with E-state index in [2.05, 4.69) is 6.92 Å². The smallest absolute Gasteiger partial charge is 0.261 e. The first kappa shape index (κ1) is 13.5. The third-order valence-electron chi connectivity index (χ3n) is 0.911. The molecule has 0 fully saturated rings. The van der Waals surface area contributed by atoms with Crippen molar-refractivity contribution in [3.8, 4) is 0 Å². The first-order valence-corrected chi connectivity index (χ1v) is 5.12. The first-order chi connectivity index (χ1) is 4.56. The summed E-state index contributed by atoms with van der Waals surface area (Å²) in [7, 11) is -3.67. The molecule has 0 aromatic heterocycles. The van der Waals surface area contributed by atoms with Gasteiger partial charge in [0.25, 0.3) is 10.1 Å². The molecule has 11 heavy (non-hydrogen) atoms. The number of hydrogen-bond acceptors (Lipinski definition) is 3. The van der Waals surface area contributed by atoms with Gasteiger partial charge in [-0.25, -0.2) is 0 Å². The van der Waals surface area contributed by atoms with E-state index in [9.17, 15) is 8.42 Å². The summed E-state index contributed by atoms with van der Waals surface area (Å²) >= 11 is 0. The molecule has 0 heterocycles. The van der Waals surface area contributed by atoms with E-state index in [4.69, 9.17) is 10.3 Å². The molecule has 0 aromatic rings. The van der Waals surface area contributed by atoms with Gasteiger partial charge in [0.2, 0.25) is 0 Å². The third kappa shape index (κ3) is 74.2. The fraction of sp³-hybridized carbons (Fsp3) is 1.00. The Morgan fingerprint density at radius 1 is 1.45 bits per heavy atom. The van der Waals surface area contributed by atoms with Gasteiger partial charge in [0.1, 0.15) is 0 Å². The highest BCUT2D eigenvalue weighted by Crippen LogP contribution is 1.99. The van der Waals surface area contributed by atoms with Crippen LogP contribution in [-0.2, 0) is 10.1 Å². The van der Waals surface area contributed by atoms with Gasteiger partial charge in [0.15, 0.2) is 0 Å². The minimum Gasteiger partial charge on any atom is -0.326 e. The van der Waals surface area contributed by atoms with Crippen LogP contribution in [0.5, 0.6) is 0 Å². The zero-order valence-corrected chi connectivity index (χ0v) is 8.27. The highest BCUT2D eigenvalue weighted by atomic mass is 32.2. The highest BCUT2D eigenvalue weighted by Gasteiger charge is 2.03. The standard InChI is InChI=1S/C5H13N.CH4O3S/c1-4-5(2,3)6;1-5(2,3)4/h4,6H2,1-3H3;1H3,(H,2,3,4). The number of hydrogen-bond donors (Lipinski definition) is 2. The van der Waals surface area contributed by atoms with E-state index in [1.165, 1.54) is 0 Å². The van der Waals surface area contributed by atoms with Crippen molar-refractivity contribution >= 4 is 10.1 Å². The van der Waals surface area contributed by atoms with Crippen LogP contribution in [0.25, 0.3) is 0 Å². The summed E-state index contributed by atoms with van der Waals surface area (Å²) in [6.07, 6.45) is 1.76. The third-order valence-corrected chi connectivity index (χ3v) is 0.911. The Labute approximate surface area is 68.5 Å². The number of nitrogens with two attached hydrogens (primary N) is 1. The lowest BCUT2D eigenvalue weighted by atomic mass is 10.1. The van der Waals surface area contributed by atoms with Crippen LogP contribution < -0.4 is 5.73 Å². The molecule has 70 valence electrons. The molecule has 0 aromatic carbocycles. The largest absolute Gasteiger partial charge is 0.326 e. The van der Waals surface area contributed by atoms with Crippen molar-refractivity contribution < 1.29 is 13.0 Å². The van der Waals surface area contributed by atoms with E-state index in [-0.39, 0.29) is 5.54 Å². The summed E-state index contributed by atoms with van der Waals surface area (Å²) in [5, 5.41) is 0. The molecule has 0 saturated heterocycles. The zero-order chi connectivity index (χ0) is 9.71. The average molecular weight is 183 g/mol. The van der Waals surface area contributed by atoms with Crippen LogP contribution in [0.2, 0.25) is 0 Å². The summed E-state index contributed by atoms with van der Waals surface area (Å²) in [6.45, 7) is 6.12. The van der Waals surface area contributed by atoms with E-state index >= 15 is 0 Å². The van der Waals surface area contributed by atoms with Crippen LogP contribution in [-0.4, -0.2) is 24.8 Å². The monoisotopic (exact) mass is 183 g/mol. The van der Waals surface area contributed by atoms with Gasteiger partial charge in [-0.15, -0.1) is 0 Å². The van der Waals surface area contributed by atoms with Crippen molar-refractivity contribution in [3.63, 3.8) is 0 Å². The molecule has 0 aliphatic heterocycles. The van der Waals surface area contributed by atoms with E-state index in [0.717, 1.165) is 6.42 Å². The lowest BCUT2D eigenvalue weighted by Crippen LogP contribution is -2.30. The van der Waals surface area contributed by atoms with Crippen molar-refractivity contribution in [2.45, 2.75) is 32.7 Å². The van der Waals surface area contributed by atoms with Crippen molar-refractivity contribution in [1.82, 2.24) is 0 Å². The maximum absolute atomic E-state index is 9.19. The van der Waals surface area contributed by atoms with Crippen LogP contribution in [0.15, 0.2) is 0 Å². The normalized spacial score (nSPS) is 11.8. The van der Waals surface area contributed by atoms with Crippen LogP contribution >= 0.6 is 0 Å². The summed E-state index contributed by atoms with van der Waals surface area (Å²) in [5.41, 5.74) is 5.58. The Hall–Kier alpha value is -0.130. The van der Waals surface area contributed by atoms with Crippen LogP contribution in [0.3, 0.4) is 0 Å². The van der Waals surface area contributed by atoms with Crippen LogP contribution in [0, 0.1) is 0 Å². The first-order valence-electron chi connectivity index (χ1n) is 3.27. The quantitative estimate of drug-likeness (QED) is 0.584. The lowest BCUT2D eigenvalue weighted by molar-refractivity contribution is 0.490. The molecule has 0 radical (unpaired) electrons. The molecule has 4 nitrogen and oxygen atoms in total. The summed E-state index contributed by atoms with van der Waals surface area (Å²) in [4.78, 5) is 0. The van der Waals surface area contributed by atoms with Gasteiger partial charge in [0.05, 0.1) is 6.26 Å². The van der Waals surface area contributed by atoms with Crippen LogP contribution in [0.4, 0.5) is 0 Å².